The molecule has 0 atom stereocenters. The van der Waals surface area contributed by atoms with Crippen LogP contribution in [0.25, 0.3) is 0 Å². The average Bonchev–Trinajstić information content (AvgIpc) is 2.68. The summed E-state index contributed by atoms with van der Waals surface area (Å²) < 4.78 is 15.1. The van der Waals surface area contributed by atoms with Crippen molar-refractivity contribution in [1.29, 1.82) is 0 Å². The summed E-state index contributed by atoms with van der Waals surface area (Å²) in [5, 5.41) is 1.88. The molecule has 0 amide bonds. The Morgan fingerprint density at radius 1 is 1.33 bits per heavy atom. The Hall–Kier alpha value is -0.910. The highest BCUT2D eigenvalue weighted by Crippen LogP contribution is 2.34. The lowest BCUT2D eigenvalue weighted by atomic mass is 10.1. The quantitative estimate of drug-likeness (QED) is 0.583. The van der Waals surface area contributed by atoms with Crippen molar-refractivity contribution in [2.45, 2.75) is 12.7 Å². The molecule has 0 saturated carbocycles. The second kappa shape index (κ2) is 4.74. The van der Waals surface area contributed by atoms with E-state index < -0.39 is 11.8 Å². The number of esters is 1. The van der Waals surface area contributed by atoms with Gasteiger partial charge in [-0.3, -0.25) is 0 Å². The van der Waals surface area contributed by atoms with E-state index >= 15 is 0 Å². The van der Waals surface area contributed by atoms with Gasteiger partial charge in [0, 0.05) is 14.2 Å². The third-order valence-electron chi connectivity index (χ3n) is 2.19. The van der Waals surface area contributed by atoms with E-state index in [4.69, 9.17) is 14.2 Å². The Bertz CT molecular complexity index is 341. The van der Waals surface area contributed by atoms with Gasteiger partial charge in [-0.05, 0) is 23.9 Å². The molecule has 0 aliphatic rings. The lowest BCUT2D eigenvalue weighted by Gasteiger charge is -2.27. The van der Waals surface area contributed by atoms with E-state index in [2.05, 4.69) is 0 Å². The predicted octanol–water partition coefficient (Wildman–Crippen LogP) is 1.68. The number of hydrogen-bond acceptors (Lipinski definition) is 5. The van der Waals surface area contributed by atoms with Crippen LogP contribution in [0.2, 0.25) is 0 Å². The first kappa shape index (κ1) is 12.2. The maximum absolute atomic E-state index is 11.7. The maximum Gasteiger partial charge on any atom is 0.372 e. The molecule has 0 N–H and O–H groups in total. The number of carbonyl (C=O) groups is 1. The summed E-state index contributed by atoms with van der Waals surface area (Å²) in [5.74, 6) is -1.99. The number of ether oxygens (including phenoxy) is 3. The van der Waals surface area contributed by atoms with Gasteiger partial charge in [0.15, 0.2) is 0 Å². The van der Waals surface area contributed by atoms with Crippen LogP contribution in [0.3, 0.4) is 0 Å². The minimum Gasteiger partial charge on any atom is -0.465 e. The zero-order chi connectivity index (χ0) is 11.5. The summed E-state index contributed by atoms with van der Waals surface area (Å²) in [6.07, 6.45) is 0. The largest absolute Gasteiger partial charge is 0.465 e. The van der Waals surface area contributed by atoms with Gasteiger partial charge < -0.3 is 14.2 Å². The molecule has 0 radical (unpaired) electrons. The fourth-order valence-corrected chi connectivity index (χ4v) is 2.44. The average molecular weight is 230 g/mol. The molecule has 0 aliphatic carbocycles. The molecule has 1 heterocycles. The van der Waals surface area contributed by atoms with Gasteiger partial charge in [-0.1, -0.05) is 0 Å². The molecule has 84 valence electrons. The van der Waals surface area contributed by atoms with Crippen molar-refractivity contribution >= 4 is 17.3 Å². The van der Waals surface area contributed by atoms with E-state index in [1.807, 2.05) is 18.4 Å². The smallest absolute Gasteiger partial charge is 0.372 e. The molecule has 0 bridgehead atoms. The third kappa shape index (κ3) is 1.90. The summed E-state index contributed by atoms with van der Waals surface area (Å²) in [6.45, 7) is 1.89. The molecule has 0 aromatic carbocycles. The number of carbonyl (C=O) groups excluding carboxylic acids is 1. The van der Waals surface area contributed by atoms with Gasteiger partial charge in [0.1, 0.15) is 0 Å². The Labute approximate surface area is 92.8 Å². The van der Waals surface area contributed by atoms with E-state index in [9.17, 15) is 4.79 Å². The van der Waals surface area contributed by atoms with Crippen LogP contribution in [0.15, 0.2) is 11.4 Å². The second-order valence-corrected chi connectivity index (χ2v) is 3.87. The first-order valence-electron chi connectivity index (χ1n) is 4.35. The van der Waals surface area contributed by atoms with Gasteiger partial charge in [0.2, 0.25) is 0 Å². The van der Waals surface area contributed by atoms with Crippen molar-refractivity contribution in [3.8, 4) is 0 Å². The van der Waals surface area contributed by atoms with Gasteiger partial charge >= 0.3 is 11.8 Å². The monoisotopic (exact) mass is 230 g/mol. The first-order chi connectivity index (χ1) is 7.12. The predicted molar refractivity (Wildman–Crippen MR) is 56.8 cm³/mol. The van der Waals surface area contributed by atoms with Crippen molar-refractivity contribution in [1.82, 2.24) is 0 Å². The molecule has 0 saturated heterocycles. The normalized spacial score (nSPS) is 11.5. The Balaban J connectivity index is 3.23. The molecule has 0 aliphatic heterocycles. The molecule has 0 spiro atoms. The number of aryl methyl sites for hydroxylation is 1. The van der Waals surface area contributed by atoms with Gasteiger partial charge in [-0.2, -0.15) is 0 Å². The lowest BCUT2D eigenvalue weighted by Crippen LogP contribution is -2.40. The van der Waals surface area contributed by atoms with E-state index in [0.29, 0.717) is 4.88 Å². The third-order valence-corrected chi connectivity index (χ3v) is 3.29. The zero-order valence-corrected chi connectivity index (χ0v) is 10.0. The van der Waals surface area contributed by atoms with Crippen molar-refractivity contribution in [3.05, 3.63) is 21.9 Å². The van der Waals surface area contributed by atoms with Crippen LogP contribution >= 0.6 is 11.3 Å². The number of methoxy groups -OCH3 is 3. The molecule has 4 nitrogen and oxygen atoms in total. The van der Waals surface area contributed by atoms with Crippen molar-refractivity contribution < 1.29 is 19.0 Å². The molecule has 1 aromatic heterocycles. The van der Waals surface area contributed by atoms with Gasteiger partial charge in [-0.25, -0.2) is 4.79 Å². The van der Waals surface area contributed by atoms with E-state index in [1.165, 1.54) is 32.7 Å². The number of rotatable bonds is 4. The highest BCUT2D eigenvalue weighted by atomic mass is 32.1. The minimum absolute atomic E-state index is 0.557. The van der Waals surface area contributed by atoms with Crippen molar-refractivity contribution in [3.63, 3.8) is 0 Å². The summed E-state index contributed by atoms with van der Waals surface area (Å²) >= 11 is 1.40. The van der Waals surface area contributed by atoms with Crippen LogP contribution in [-0.4, -0.2) is 27.3 Å². The molecular formula is C10H14O4S. The molecule has 0 unspecified atom stereocenters. The second-order valence-electron chi connectivity index (χ2n) is 2.95. The topological polar surface area (TPSA) is 44.8 Å². The highest BCUT2D eigenvalue weighted by Gasteiger charge is 2.44. The zero-order valence-electron chi connectivity index (χ0n) is 9.20. The number of thiophene rings is 1. The van der Waals surface area contributed by atoms with Crippen LogP contribution in [0.1, 0.15) is 10.4 Å². The first-order valence-corrected chi connectivity index (χ1v) is 5.23. The standard InChI is InChI=1S/C10H14O4S/c1-7-5-6-15-8(7)10(13-3,14-4)9(11)12-2/h5-6H,1-4H3. The van der Waals surface area contributed by atoms with Gasteiger partial charge in [0.25, 0.3) is 0 Å². The van der Waals surface area contributed by atoms with Crippen LogP contribution in [-0.2, 0) is 24.8 Å². The SMILES string of the molecule is COC(=O)C(OC)(OC)c1sccc1C. The van der Waals surface area contributed by atoms with Crippen molar-refractivity contribution in [2.75, 3.05) is 21.3 Å². The Morgan fingerprint density at radius 3 is 2.27 bits per heavy atom. The van der Waals surface area contributed by atoms with E-state index in [1.54, 1.807) is 0 Å². The highest BCUT2D eigenvalue weighted by molar-refractivity contribution is 7.10. The molecular weight excluding hydrogens is 216 g/mol. The minimum atomic E-state index is -1.44. The molecule has 1 rings (SSSR count). The molecule has 15 heavy (non-hydrogen) atoms. The van der Waals surface area contributed by atoms with Gasteiger partial charge in [0.05, 0.1) is 12.0 Å². The van der Waals surface area contributed by atoms with Crippen LogP contribution in [0, 0.1) is 6.92 Å². The van der Waals surface area contributed by atoms with E-state index in [-0.39, 0.29) is 0 Å². The summed E-state index contributed by atoms with van der Waals surface area (Å²) in [5.41, 5.74) is 0.939. The van der Waals surface area contributed by atoms with Crippen molar-refractivity contribution in [2.24, 2.45) is 0 Å². The van der Waals surface area contributed by atoms with Crippen LogP contribution in [0.5, 0.6) is 0 Å². The summed E-state index contributed by atoms with van der Waals surface area (Å²) in [4.78, 5) is 12.4. The molecule has 1 aromatic rings. The fraction of sp³-hybridized carbons (Fsp3) is 0.500. The van der Waals surface area contributed by atoms with Crippen LogP contribution in [0.4, 0.5) is 0 Å². The molecule has 0 fully saturated rings. The Kier molecular flexibility index (Phi) is 3.84. The fourth-order valence-electron chi connectivity index (χ4n) is 1.37. The molecule has 5 heteroatoms. The number of hydrogen-bond donors (Lipinski definition) is 0. The summed E-state index contributed by atoms with van der Waals surface area (Å²) in [6, 6.07) is 1.90. The van der Waals surface area contributed by atoms with E-state index in [0.717, 1.165) is 5.56 Å². The van der Waals surface area contributed by atoms with Crippen LogP contribution < -0.4 is 0 Å². The Morgan fingerprint density at radius 2 is 1.93 bits per heavy atom. The lowest BCUT2D eigenvalue weighted by molar-refractivity contribution is -0.232. The van der Waals surface area contributed by atoms with Gasteiger partial charge in [-0.15, -0.1) is 11.3 Å². The maximum atomic E-state index is 11.7. The summed E-state index contributed by atoms with van der Waals surface area (Å²) in [7, 11) is 4.14.